The summed E-state index contributed by atoms with van der Waals surface area (Å²) in [5.41, 5.74) is 5.60. The summed E-state index contributed by atoms with van der Waals surface area (Å²) in [5, 5.41) is 0. The first-order valence-corrected chi connectivity index (χ1v) is 5.82. The number of hydrogen-bond donors (Lipinski definition) is 1. The predicted octanol–water partition coefficient (Wildman–Crippen LogP) is 1.70. The summed E-state index contributed by atoms with van der Waals surface area (Å²) in [6.45, 7) is 0.566. The van der Waals surface area contributed by atoms with Crippen molar-refractivity contribution in [3.8, 4) is 0 Å². The number of nitrogens with two attached hydrogens (primary N) is 1. The smallest absolute Gasteiger partial charge is 0.259 e. The Labute approximate surface area is 86.8 Å². The second kappa shape index (κ2) is 3.77. The van der Waals surface area contributed by atoms with E-state index in [1.165, 1.54) is 24.3 Å². The van der Waals surface area contributed by atoms with Crippen LogP contribution in [0.1, 0.15) is 6.92 Å². The molecule has 1 aromatic rings. The van der Waals surface area contributed by atoms with Crippen molar-refractivity contribution in [1.82, 2.24) is 0 Å². The molecule has 0 aliphatic heterocycles. The third kappa shape index (κ3) is 3.47. The number of benzene rings is 1. The Balaban J connectivity index is 3.07. The molecule has 0 saturated carbocycles. The SMILES string of the molecule is CC(F)(F)CS(=O)(=O)c1cccc(N)c1. The largest absolute Gasteiger partial charge is 0.399 e. The van der Waals surface area contributed by atoms with Gasteiger partial charge in [-0.15, -0.1) is 0 Å². The molecule has 15 heavy (non-hydrogen) atoms. The van der Waals surface area contributed by atoms with Gasteiger partial charge in [-0.2, -0.15) is 0 Å². The molecule has 0 bridgehead atoms. The summed E-state index contributed by atoms with van der Waals surface area (Å²) in [6.07, 6.45) is 0. The van der Waals surface area contributed by atoms with Crippen LogP contribution in [0.4, 0.5) is 14.5 Å². The molecule has 0 heterocycles. The molecule has 1 rings (SSSR count). The molecule has 0 spiro atoms. The van der Waals surface area contributed by atoms with Gasteiger partial charge in [-0.3, -0.25) is 0 Å². The Kier molecular flexibility index (Phi) is 2.99. The first-order valence-electron chi connectivity index (χ1n) is 4.17. The Hall–Kier alpha value is -1.17. The fourth-order valence-corrected chi connectivity index (χ4v) is 2.56. The number of nitrogen functional groups attached to an aromatic ring is 1. The zero-order chi connectivity index (χ0) is 11.7. The van der Waals surface area contributed by atoms with E-state index in [2.05, 4.69) is 0 Å². The van der Waals surface area contributed by atoms with Crippen molar-refractivity contribution in [2.24, 2.45) is 0 Å². The highest BCUT2D eigenvalue weighted by molar-refractivity contribution is 7.91. The van der Waals surface area contributed by atoms with Gasteiger partial charge in [0.2, 0.25) is 0 Å². The van der Waals surface area contributed by atoms with Crippen molar-refractivity contribution in [2.45, 2.75) is 17.7 Å². The van der Waals surface area contributed by atoms with Crippen molar-refractivity contribution in [2.75, 3.05) is 11.5 Å². The first-order chi connectivity index (χ1) is 6.71. The van der Waals surface area contributed by atoms with Crippen LogP contribution >= 0.6 is 0 Å². The molecule has 0 saturated heterocycles. The average molecular weight is 235 g/mol. The summed E-state index contributed by atoms with van der Waals surface area (Å²) >= 11 is 0. The van der Waals surface area contributed by atoms with Crippen LogP contribution < -0.4 is 5.73 Å². The standard InChI is InChI=1S/C9H11F2NO2S/c1-9(10,11)6-15(13,14)8-4-2-3-7(12)5-8/h2-5H,6,12H2,1H3. The Morgan fingerprint density at radius 3 is 2.47 bits per heavy atom. The van der Waals surface area contributed by atoms with Crippen LogP contribution in [0.5, 0.6) is 0 Å². The summed E-state index contributed by atoms with van der Waals surface area (Å²) in [5.74, 6) is -4.45. The lowest BCUT2D eigenvalue weighted by atomic mass is 10.3. The molecular formula is C9H11F2NO2S. The maximum absolute atomic E-state index is 12.6. The fourth-order valence-electron chi connectivity index (χ4n) is 1.12. The van der Waals surface area contributed by atoms with E-state index < -0.39 is 21.5 Å². The number of alkyl halides is 2. The molecule has 0 radical (unpaired) electrons. The third-order valence-corrected chi connectivity index (χ3v) is 3.52. The molecule has 6 heteroatoms. The molecule has 0 aliphatic carbocycles. The van der Waals surface area contributed by atoms with Crippen LogP contribution in [-0.4, -0.2) is 20.1 Å². The van der Waals surface area contributed by atoms with Gasteiger partial charge in [0, 0.05) is 12.6 Å². The minimum Gasteiger partial charge on any atom is -0.399 e. The van der Waals surface area contributed by atoms with Gasteiger partial charge in [0.1, 0.15) is 5.75 Å². The first kappa shape index (κ1) is 11.9. The van der Waals surface area contributed by atoms with Crippen LogP contribution in [0.3, 0.4) is 0 Å². The number of rotatable bonds is 3. The molecule has 0 amide bonds. The van der Waals surface area contributed by atoms with Crippen LogP contribution in [-0.2, 0) is 9.84 Å². The van der Waals surface area contributed by atoms with Gasteiger partial charge in [0.25, 0.3) is 5.92 Å². The van der Waals surface area contributed by atoms with Gasteiger partial charge >= 0.3 is 0 Å². The third-order valence-electron chi connectivity index (χ3n) is 1.66. The van der Waals surface area contributed by atoms with Crippen molar-refractivity contribution >= 4 is 15.5 Å². The quantitative estimate of drug-likeness (QED) is 0.811. The highest BCUT2D eigenvalue weighted by atomic mass is 32.2. The Bertz CT molecular complexity index is 451. The maximum atomic E-state index is 12.6. The second-order valence-electron chi connectivity index (χ2n) is 3.40. The number of anilines is 1. The Morgan fingerprint density at radius 1 is 1.40 bits per heavy atom. The van der Waals surface area contributed by atoms with Crippen LogP contribution in [0.2, 0.25) is 0 Å². The summed E-state index contributed by atoms with van der Waals surface area (Å²) < 4.78 is 48.1. The van der Waals surface area contributed by atoms with E-state index in [1.54, 1.807) is 0 Å². The number of sulfone groups is 1. The predicted molar refractivity (Wildman–Crippen MR) is 53.5 cm³/mol. The normalized spacial score (nSPS) is 12.7. The van der Waals surface area contributed by atoms with Crippen LogP contribution in [0.15, 0.2) is 29.2 Å². The van der Waals surface area contributed by atoms with Crippen molar-refractivity contribution < 1.29 is 17.2 Å². The van der Waals surface area contributed by atoms with E-state index in [0.29, 0.717) is 6.92 Å². The molecular weight excluding hydrogens is 224 g/mol. The van der Waals surface area contributed by atoms with Gasteiger partial charge < -0.3 is 5.73 Å². The average Bonchev–Trinajstić information content (AvgIpc) is 1.99. The van der Waals surface area contributed by atoms with Gasteiger partial charge in [-0.25, -0.2) is 17.2 Å². The van der Waals surface area contributed by atoms with Crippen LogP contribution in [0.25, 0.3) is 0 Å². The lowest BCUT2D eigenvalue weighted by molar-refractivity contribution is 0.0473. The minimum atomic E-state index is -3.97. The highest BCUT2D eigenvalue weighted by Gasteiger charge is 2.31. The minimum absolute atomic E-state index is 0.177. The van der Waals surface area contributed by atoms with E-state index >= 15 is 0 Å². The van der Waals surface area contributed by atoms with Gasteiger partial charge in [0.05, 0.1) is 4.90 Å². The molecule has 84 valence electrons. The van der Waals surface area contributed by atoms with E-state index in [1.807, 2.05) is 0 Å². The zero-order valence-corrected chi connectivity index (χ0v) is 8.89. The monoisotopic (exact) mass is 235 g/mol. The molecule has 0 aliphatic rings. The molecule has 1 aromatic carbocycles. The lowest BCUT2D eigenvalue weighted by Crippen LogP contribution is -2.24. The van der Waals surface area contributed by atoms with E-state index in [-0.39, 0.29) is 10.6 Å². The van der Waals surface area contributed by atoms with Gasteiger partial charge in [0.15, 0.2) is 9.84 Å². The van der Waals surface area contributed by atoms with E-state index in [0.717, 1.165) is 0 Å². The number of hydrogen-bond acceptors (Lipinski definition) is 3. The summed E-state index contributed by atoms with van der Waals surface area (Å²) in [6, 6.07) is 5.32. The Morgan fingerprint density at radius 2 is 2.00 bits per heavy atom. The molecule has 0 fully saturated rings. The topological polar surface area (TPSA) is 60.2 Å². The van der Waals surface area contributed by atoms with E-state index in [4.69, 9.17) is 5.73 Å². The fraction of sp³-hybridized carbons (Fsp3) is 0.333. The molecule has 2 N–H and O–H groups in total. The molecule has 0 aromatic heterocycles. The van der Waals surface area contributed by atoms with Crippen molar-refractivity contribution in [1.29, 1.82) is 0 Å². The zero-order valence-electron chi connectivity index (χ0n) is 8.07. The lowest BCUT2D eigenvalue weighted by Gasteiger charge is -2.10. The van der Waals surface area contributed by atoms with Crippen molar-refractivity contribution in [3.05, 3.63) is 24.3 Å². The highest BCUT2D eigenvalue weighted by Crippen LogP contribution is 2.21. The van der Waals surface area contributed by atoms with Crippen LogP contribution in [0, 0.1) is 0 Å². The van der Waals surface area contributed by atoms with Crippen molar-refractivity contribution in [3.63, 3.8) is 0 Å². The summed E-state index contributed by atoms with van der Waals surface area (Å²) in [7, 11) is -3.97. The van der Waals surface area contributed by atoms with Gasteiger partial charge in [-0.1, -0.05) is 6.07 Å². The summed E-state index contributed by atoms with van der Waals surface area (Å²) in [4.78, 5) is -0.177. The maximum Gasteiger partial charge on any atom is 0.259 e. The molecule has 3 nitrogen and oxygen atoms in total. The molecule has 0 atom stereocenters. The second-order valence-corrected chi connectivity index (χ2v) is 5.39. The molecule has 0 unspecified atom stereocenters. The number of halogens is 2. The van der Waals surface area contributed by atoms with Gasteiger partial charge in [-0.05, 0) is 18.2 Å². The van der Waals surface area contributed by atoms with E-state index in [9.17, 15) is 17.2 Å².